The summed E-state index contributed by atoms with van der Waals surface area (Å²) in [5.74, 6) is 0. The highest BCUT2D eigenvalue weighted by atomic mass is 16.7. The summed E-state index contributed by atoms with van der Waals surface area (Å²) in [6.45, 7) is 3.23. The predicted molar refractivity (Wildman–Crippen MR) is 75.0 cm³/mol. The molecule has 1 aromatic rings. The smallest absolute Gasteiger partial charge is 0.298 e. The molecular formula is C12H14N4O4. The Kier molecular flexibility index (Phi) is 6.25. The molecule has 2 N–H and O–H groups in total. The van der Waals surface area contributed by atoms with Crippen LogP contribution < -0.4 is 10.6 Å². The molecule has 0 heterocycles. The second kappa shape index (κ2) is 8.25. The fourth-order valence-electron chi connectivity index (χ4n) is 1.16. The van der Waals surface area contributed by atoms with Gasteiger partial charge in [-0.3, -0.25) is 20.3 Å². The van der Waals surface area contributed by atoms with E-state index < -0.39 is 12.2 Å². The van der Waals surface area contributed by atoms with Crippen LogP contribution in [0.3, 0.4) is 0 Å². The van der Waals surface area contributed by atoms with Gasteiger partial charge in [0.15, 0.2) is 0 Å². The minimum atomic E-state index is -0.738. The van der Waals surface area contributed by atoms with Crippen LogP contribution in [0.5, 0.6) is 0 Å². The topological polar surface area (TPSA) is 101 Å². The first-order chi connectivity index (χ1) is 9.65. The lowest BCUT2D eigenvalue weighted by Gasteiger charge is -2.06. The van der Waals surface area contributed by atoms with Gasteiger partial charge in [0.05, 0.1) is 0 Å². The zero-order valence-corrected chi connectivity index (χ0v) is 11.0. The fourth-order valence-corrected chi connectivity index (χ4v) is 1.16. The summed E-state index contributed by atoms with van der Waals surface area (Å²) in [4.78, 5) is 31.5. The second-order valence-electron chi connectivity index (χ2n) is 3.32. The summed E-state index contributed by atoms with van der Waals surface area (Å²) < 4.78 is 0. The molecule has 0 aromatic heterocycles. The van der Waals surface area contributed by atoms with Crippen molar-refractivity contribution in [2.24, 2.45) is 10.3 Å². The molecule has 0 fully saturated rings. The summed E-state index contributed by atoms with van der Waals surface area (Å²) in [6.07, 6.45) is 1.20. The molecule has 0 aliphatic carbocycles. The summed E-state index contributed by atoms with van der Waals surface area (Å²) >= 11 is 0. The first-order valence-electron chi connectivity index (χ1n) is 5.67. The van der Waals surface area contributed by atoms with Crippen LogP contribution in [0, 0.1) is 0 Å². The standard InChI is InChI=1S/C12H14N4O4/c1-3-13-19-11(17)15-9-6-5-7-10(8-9)16-12(18)20-14-4-2/h3-8H,1-2H3,(H,15,17)(H,16,18)/b13-3+,14-4+. The maximum absolute atomic E-state index is 11.3. The number of hydrogen-bond acceptors (Lipinski definition) is 6. The minimum Gasteiger partial charge on any atom is -0.298 e. The van der Waals surface area contributed by atoms with Gasteiger partial charge >= 0.3 is 12.2 Å². The van der Waals surface area contributed by atoms with Crippen molar-refractivity contribution in [1.29, 1.82) is 0 Å². The van der Waals surface area contributed by atoms with Crippen LogP contribution in [0.1, 0.15) is 13.8 Å². The third-order valence-corrected chi connectivity index (χ3v) is 1.84. The van der Waals surface area contributed by atoms with Crippen molar-refractivity contribution in [3.8, 4) is 0 Å². The van der Waals surface area contributed by atoms with Gasteiger partial charge in [0.1, 0.15) is 0 Å². The van der Waals surface area contributed by atoms with Crippen LogP contribution in [0.2, 0.25) is 0 Å². The first kappa shape index (κ1) is 15.2. The van der Waals surface area contributed by atoms with Crippen molar-refractivity contribution in [2.75, 3.05) is 10.6 Å². The van der Waals surface area contributed by atoms with E-state index >= 15 is 0 Å². The lowest BCUT2D eigenvalue weighted by Crippen LogP contribution is -2.13. The number of oxime groups is 2. The minimum absolute atomic E-state index is 0.429. The normalized spacial score (nSPS) is 10.5. The number of carbonyl (C=O) groups excluding carboxylic acids is 2. The molecule has 0 saturated carbocycles. The van der Waals surface area contributed by atoms with E-state index in [0.717, 1.165) is 0 Å². The average Bonchev–Trinajstić information content (AvgIpc) is 2.43. The Labute approximate surface area is 115 Å². The molecule has 0 unspecified atom stereocenters. The molecule has 0 spiro atoms. The maximum Gasteiger partial charge on any atom is 0.437 e. The fraction of sp³-hybridized carbons (Fsp3) is 0.167. The molecule has 0 aliphatic heterocycles. The molecule has 2 amide bonds. The third-order valence-electron chi connectivity index (χ3n) is 1.84. The van der Waals surface area contributed by atoms with E-state index in [9.17, 15) is 9.59 Å². The summed E-state index contributed by atoms with van der Waals surface area (Å²) in [5.41, 5.74) is 0.858. The van der Waals surface area contributed by atoms with Gasteiger partial charge in [-0.15, -0.1) is 0 Å². The van der Waals surface area contributed by atoms with Crippen molar-refractivity contribution in [3.05, 3.63) is 24.3 Å². The molecule has 1 aromatic carbocycles. The zero-order chi connectivity index (χ0) is 14.8. The van der Waals surface area contributed by atoms with Gasteiger partial charge in [-0.05, 0) is 32.0 Å². The van der Waals surface area contributed by atoms with E-state index in [1.807, 2.05) is 0 Å². The van der Waals surface area contributed by atoms with Crippen molar-refractivity contribution >= 4 is 36.0 Å². The van der Waals surface area contributed by atoms with Crippen molar-refractivity contribution < 1.29 is 19.3 Å². The quantitative estimate of drug-likeness (QED) is 0.502. The van der Waals surface area contributed by atoms with E-state index in [-0.39, 0.29) is 0 Å². The van der Waals surface area contributed by atoms with Gasteiger partial charge in [-0.2, -0.15) is 0 Å². The molecule has 0 radical (unpaired) electrons. The molecule has 106 valence electrons. The van der Waals surface area contributed by atoms with Gasteiger partial charge in [0.25, 0.3) is 0 Å². The number of carbonyl (C=O) groups is 2. The highest BCUT2D eigenvalue weighted by Gasteiger charge is 2.06. The molecule has 0 atom stereocenters. The maximum atomic E-state index is 11.3. The number of anilines is 2. The molecule has 0 saturated heterocycles. The van der Waals surface area contributed by atoms with E-state index in [1.165, 1.54) is 18.5 Å². The van der Waals surface area contributed by atoms with Crippen molar-refractivity contribution in [1.82, 2.24) is 0 Å². The van der Waals surface area contributed by atoms with Crippen LogP contribution in [-0.2, 0) is 9.68 Å². The lowest BCUT2D eigenvalue weighted by atomic mass is 10.3. The molecule has 1 rings (SSSR count). The SMILES string of the molecule is C/C=N/OC(=O)Nc1cccc(NC(=O)O/N=C/C)c1. The number of nitrogens with one attached hydrogen (secondary N) is 2. The highest BCUT2D eigenvalue weighted by molar-refractivity contribution is 5.88. The number of benzene rings is 1. The number of rotatable bonds is 4. The van der Waals surface area contributed by atoms with E-state index in [1.54, 1.807) is 32.0 Å². The summed E-state index contributed by atoms with van der Waals surface area (Å²) in [5, 5.41) is 11.5. The monoisotopic (exact) mass is 278 g/mol. The Hall–Kier alpha value is -2.90. The van der Waals surface area contributed by atoms with Crippen LogP contribution in [-0.4, -0.2) is 24.6 Å². The molecule has 8 heteroatoms. The molecule has 0 bridgehead atoms. The highest BCUT2D eigenvalue weighted by Crippen LogP contribution is 2.15. The molecule has 8 nitrogen and oxygen atoms in total. The Morgan fingerprint density at radius 3 is 1.85 bits per heavy atom. The van der Waals surface area contributed by atoms with Gasteiger partial charge in [0.2, 0.25) is 0 Å². The van der Waals surface area contributed by atoms with Crippen molar-refractivity contribution in [3.63, 3.8) is 0 Å². The Morgan fingerprint density at radius 1 is 1.00 bits per heavy atom. The van der Waals surface area contributed by atoms with E-state index in [4.69, 9.17) is 0 Å². The van der Waals surface area contributed by atoms with Crippen LogP contribution >= 0.6 is 0 Å². The Balaban J connectivity index is 2.61. The molecule has 20 heavy (non-hydrogen) atoms. The predicted octanol–water partition coefficient (Wildman–Crippen LogP) is 2.80. The molecule has 0 aliphatic rings. The number of hydrogen-bond donors (Lipinski definition) is 2. The van der Waals surface area contributed by atoms with E-state index in [0.29, 0.717) is 11.4 Å². The van der Waals surface area contributed by atoms with Crippen molar-refractivity contribution in [2.45, 2.75) is 13.8 Å². The summed E-state index contributed by atoms with van der Waals surface area (Å²) in [7, 11) is 0. The zero-order valence-electron chi connectivity index (χ0n) is 11.0. The van der Waals surface area contributed by atoms with Gasteiger partial charge < -0.3 is 0 Å². The second-order valence-corrected chi connectivity index (χ2v) is 3.32. The van der Waals surface area contributed by atoms with Gasteiger partial charge in [-0.25, -0.2) is 9.59 Å². The number of nitrogens with zero attached hydrogens (tertiary/aromatic N) is 2. The number of amides is 2. The molecular weight excluding hydrogens is 264 g/mol. The van der Waals surface area contributed by atoms with Gasteiger partial charge in [0, 0.05) is 23.8 Å². The van der Waals surface area contributed by atoms with Crippen LogP contribution in [0.15, 0.2) is 34.6 Å². The Bertz CT molecular complexity index is 485. The largest absolute Gasteiger partial charge is 0.437 e. The average molecular weight is 278 g/mol. The van der Waals surface area contributed by atoms with E-state index in [2.05, 4.69) is 30.6 Å². The first-order valence-corrected chi connectivity index (χ1v) is 5.67. The van der Waals surface area contributed by atoms with Crippen LogP contribution in [0.25, 0.3) is 0 Å². The van der Waals surface area contributed by atoms with Gasteiger partial charge in [-0.1, -0.05) is 16.4 Å². The Morgan fingerprint density at radius 2 is 1.45 bits per heavy atom. The summed E-state index contributed by atoms with van der Waals surface area (Å²) in [6, 6.07) is 6.40. The third kappa shape index (κ3) is 5.63. The lowest BCUT2D eigenvalue weighted by molar-refractivity contribution is 0.166. The van der Waals surface area contributed by atoms with Crippen LogP contribution in [0.4, 0.5) is 21.0 Å².